The van der Waals surface area contributed by atoms with Crippen LogP contribution in [0.4, 0.5) is 17.1 Å². The van der Waals surface area contributed by atoms with Gasteiger partial charge in [0.2, 0.25) is 0 Å². The number of aromatic nitrogens is 1. The van der Waals surface area contributed by atoms with E-state index in [0.717, 1.165) is 22.7 Å². The molecular formula is C65H44N2. The standard InChI is InChI=1S/C65H44N2/c1-3-22-51(23-4-1)65(52-24-5-2-6-25-52)59-29-12-9-26-55(59)56-41-40-54(44-60(56)65)66(63-32-15-16-33-64(63)67-61-30-13-10-27-57(61)58-28-11-14-31-62(58)67)53-38-36-46(37-39-53)48-20-17-21-49(42-48)50-35-34-45-18-7-8-19-47(45)43-50/h1-44H. The van der Waals surface area contributed by atoms with Gasteiger partial charge in [-0.2, -0.15) is 0 Å². The lowest BCUT2D eigenvalue weighted by atomic mass is 9.67. The topological polar surface area (TPSA) is 8.17 Å². The highest BCUT2D eigenvalue weighted by Crippen LogP contribution is 2.57. The van der Waals surface area contributed by atoms with Crippen LogP contribution in [0.3, 0.4) is 0 Å². The molecule has 0 bridgehead atoms. The van der Waals surface area contributed by atoms with Crippen LogP contribution in [0.1, 0.15) is 22.3 Å². The first-order chi connectivity index (χ1) is 33.2. The molecule has 314 valence electrons. The molecule has 0 unspecified atom stereocenters. The average molecular weight is 853 g/mol. The molecule has 1 aliphatic carbocycles. The highest BCUT2D eigenvalue weighted by molar-refractivity contribution is 6.10. The Balaban J connectivity index is 1.02. The van der Waals surface area contributed by atoms with Crippen molar-refractivity contribution in [2.75, 3.05) is 4.90 Å². The SMILES string of the molecule is c1ccc(C2(c3ccccc3)c3ccccc3-c3ccc(N(c4ccc(-c5cccc(-c6ccc7ccccc7c6)c5)cc4)c4ccccc4-n4c5ccccc5c5ccccc54)cc32)cc1. The summed E-state index contributed by atoms with van der Waals surface area (Å²) in [5, 5.41) is 4.97. The third kappa shape index (κ3) is 6.18. The van der Waals surface area contributed by atoms with Crippen LogP contribution in [0, 0.1) is 0 Å². The number of hydrogen-bond acceptors (Lipinski definition) is 1. The van der Waals surface area contributed by atoms with E-state index in [4.69, 9.17) is 0 Å². The van der Waals surface area contributed by atoms with Gasteiger partial charge in [-0.25, -0.2) is 0 Å². The first-order valence-electron chi connectivity index (χ1n) is 23.2. The third-order valence-corrected chi connectivity index (χ3v) is 14.0. The molecule has 0 N–H and O–H groups in total. The zero-order chi connectivity index (χ0) is 44.3. The summed E-state index contributed by atoms with van der Waals surface area (Å²) in [4.78, 5) is 2.47. The van der Waals surface area contributed by atoms with Crippen molar-refractivity contribution in [1.29, 1.82) is 0 Å². The van der Waals surface area contributed by atoms with Crippen LogP contribution >= 0.6 is 0 Å². The van der Waals surface area contributed by atoms with Gasteiger partial charge in [0.05, 0.1) is 27.8 Å². The Morgan fingerprint density at radius 3 is 1.58 bits per heavy atom. The fraction of sp³-hybridized carbons (Fsp3) is 0.0154. The van der Waals surface area contributed by atoms with Gasteiger partial charge >= 0.3 is 0 Å². The molecule has 1 aliphatic rings. The number of para-hydroxylation sites is 4. The fourth-order valence-corrected chi connectivity index (χ4v) is 11.1. The summed E-state index contributed by atoms with van der Waals surface area (Å²) >= 11 is 0. The van der Waals surface area contributed by atoms with Crippen molar-refractivity contribution in [2.24, 2.45) is 0 Å². The van der Waals surface area contributed by atoms with Gasteiger partial charge in [-0.3, -0.25) is 0 Å². The summed E-state index contributed by atoms with van der Waals surface area (Å²) in [7, 11) is 0. The van der Waals surface area contributed by atoms with E-state index in [1.807, 2.05) is 0 Å². The first kappa shape index (κ1) is 38.7. The van der Waals surface area contributed by atoms with Gasteiger partial charge in [0.1, 0.15) is 0 Å². The molecule has 1 aromatic heterocycles. The highest BCUT2D eigenvalue weighted by atomic mass is 15.2. The molecule has 0 aliphatic heterocycles. The Morgan fingerprint density at radius 2 is 0.851 bits per heavy atom. The van der Waals surface area contributed by atoms with Crippen LogP contribution in [0.25, 0.3) is 71.6 Å². The normalized spacial score (nSPS) is 12.6. The van der Waals surface area contributed by atoms with Crippen molar-refractivity contribution in [3.63, 3.8) is 0 Å². The van der Waals surface area contributed by atoms with Crippen LogP contribution in [0.2, 0.25) is 0 Å². The first-order valence-corrected chi connectivity index (χ1v) is 23.2. The molecule has 1 heterocycles. The van der Waals surface area contributed by atoms with Gasteiger partial charge in [-0.1, -0.05) is 206 Å². The summed E-state index contributed by atoms with van der Waals surface area (Å²) in [6.07, 6.45) is 0. The summed E-state index contributed by atoms with van der Waals surface area (Å²) < 4.78 is 2.45. The molecule has 0 saturated carbocycles. The Morgan fingerprint density at radius 1 is 0.313 bits per heavy atom. The van der Waals surface area contributed by atoms with Crippen LogP contribution in [0.15, 0.2) is 267 Å². The molecule has 11 aromatic carbocycles. The minimum atomic E-state index is -0.539. The number of hydrogen-bond donors (Lipinski definition) is 0. The summed E-state index contributed by atoms with van der Waals surface area (Å²) in [6.45, 7) is 0. The lowest BCUT2D eigenvalue weighted by Gasteiger charge is -2.35. The molecule has 2 heteroatoms. The lowest BCUT2D eigenvalue weighted by molar-refractivity contribution is 0.768. The summed E-state index contributed by atoms with van der Waals surface area (Å²) in [5.41, 5.74) is 18.5. The van der Waals surface area contributed by atoms with Gasteiger partial charge < -0.3 is 9.47 Å². The Kier molecular flexibility index (Phi) is 9.11. The molecule has 2 nitrogen and oxygen atoms in total. The minimum Gasteiger partial charge on any atom is -0.308 e. The van der Waals surface area contributed by atoms with Gasteiger partial charge in [0, 0.05) is 22.1 Å². The Hall–Kier alpha value is -8.72. The molecule has 0 atom stereocenters. The van der Waals surface area contributed by atoms with Crippen LogP contribution in [0.5, 0.6) is 0 Å². The number of rotatable bonds is 8. The minimum absolute atomic E-state index is 0.539. The fourth-order valence-electron chi connectivity index (χ4n) is 11.1. The van der Waals surface area contributed by atoms with Crippen molar-refractivity contribution in [3.8, 4) is 39.1 Å². The molecule has 0 saturated heterocycles. The maximum absolute atomic E-state index is 2.47. The molecule has 12 aromatic rings. The number of benzene rings is 11. The number of anilines is 3. The highest BCUT2D eigenvalue weighted by Gasteiger charge is 2.46. The quantitative estimate of drug-likeness (QED) is 0.148. The van der Waals surface area contributed by atoms with E-state index in [9.17, 15) is 0 Å². The molecule has 0 radical (unpaired) electrons. The van der Waals surface area contributed by atoms with Gasteiger partial charge in [-0.05, 0) is 127 Å². The molecule has 0 fully saturated rings. The number of fused-ring (bicyclic) bond motifs is 7. The molecule has 0 spiro atoms. The predicted octanol–water partition coefficient (Wildman–Crippen LogP) is 17.1. The van der Waals surface area contributed by atoms with E-state index in [-0.39, 0.29) is 0 Å². The van der Waals surface area contributed by atoms with E-state index < -0.39 is 5.41 Å². The Labute approximate surface area is 390 Å². The molecular weight excluding hydrogens is 809 g/mol. The average Bonchev–Trinajstić information content (AvgIpc) is 3.90. The largest absolute Gasteiger partial charge is 0.308 e. The third-order valence-electron chi connectivity index (χ3n) is 14.0. The maximum atomic E-state index is 2.47. The smallest absolute Gasteiger partial charge is 0.0714 e. The van der Waals surface area contributed by atoms with Crippen molar-refractivity contribution in [2.45, 2.75) is 5.41 Å². The van der Waals surface area contributed by atoms with Crippen LogP contribution in [-0.4, -0.2) is 4.57 Å². The summed E-state index contributed by atoms with van der Waals surface area (Å²) in [5.74, 6) is 0. The van der Waals surface area contributed by atoms with E-state index in [1.54, 1.807) is 0 Å². The van der Waals surface area contributed by atoms with Gasteiger partial charge in [0.15, 0.2) is 0 Å². The van der Waals surface area contributed by atoms with E-state index in [0.29, 0.717) is 0 Å². The van der Waals surface area contributed by atoms with E-state index >= 15 is 0 Å². The second-order valence-corrected chi connectivity index (χ2v) is 17.6. The summed E-state index contributed by atoms with van der Waals surface area (Å²) in [6, 6.07) is 98.2. The number of nitrogens with zero attached hydrogens (tertiary/aromatic N) is 2. The monoisotopic (exact) mass is 852 g/mol. The maximum Gasteiger partial charge on any atom is 0.0714 e. The van der Waals surface area contributed by atoms with E-state index in [2.05, 4.69) is 276 Å². The molecule has 67 heavy (non-hydrogen) atoms. The van der Waals surface area contributed by atoms with Crippen molar-refractivity contribution in [3.05, 3.63) is 289 Å². The van der Waals surface area contributed by atoms with Gasteiger partial charge in [-0.15, -0.1) is 0 Å². The van der Waals surface area contributed by atoms with Crippen molar-refractivity contribution < 1.29 is 0 Å². The predicted molar refractivity (Wildman–Crippen MR) is 281 cm³/mol. The second kappa shape index (κ2) is 15.8. The van der Waals surface area contributed by atoms with Gasteiger partial charge in [0.25, 0.3) is 0 Å². The zero-order valence-corrected chi connectivity index (χ0v) is 36.8. The van der Waals surface area contributed by atoms with Crippen LogP contribution in [-0.2, 0) is 5.41 Å². The molecule has 13 rings (SSSR count). The second-order valence-electron chi connectivity index (χ2n) is 17.6. The molecule has 0 amide bonds. The zero-order valence-electron chi connectivity index (χ0n) is 36.8. The van der Waals surface area contributed by atoms with Crippen molar-refractivity contribution in [1.82, 2.24) is 4.57 Å². The Bertz CT molecular complexity index is 3710. The van der Waals surface area contributed by atoms with Crippen molar-refractivity contribution >= 4 is 49.6 Å². The van der Waals surface area contributed by atoms with E-state index in [1.165, 1.54) is 88.2 Å². The van der Waals surface area contributed by atoms with Crippen LogP contribution < -0.4 is 4.90 Å². The lowest BCUT2D eigenvalue weighted by Crippen LogP contribution is -2.28.